The lowest BCUT2D eigenvalue weighted by atomic mass is 10.1. The zero-order chi connectivity index (χ0) is 18.0. The molecule has 1 aliphatic carbocycles. The number of rotatable bonds is 6. The van der Waals surface area contributed by atoms with Gasteiger partial charge in [0.1, 0.15) is 5.82 Å². The number of nitrogens with one attached hydrogen (secondary N) is 2. The molecule has 0 atom stereocenters. The van der Waals surface area contributed by atoms with Gasteiger partial charge >= 0.3 is 0 Å². The Labute approximate surface area is 146 Å². The van der Waals surface area contributed by atoms with Crippen molar-refractivity contribution in [3.8, 4) is 0 Å². The van der Waals surface area contributed by atoms with Crippen molar-refractivity contribution in [2.45, 2.75) is 24.7 Å². The smallest absolute Gasteiger partial charge is 0.262 e. The number of carbonyl (C=O) groups excluding carboxylic acids is 1. The van der Waals surface area contributed by atoms with Gasteiger partial charge in [0.25, 0.3) is 15.9 Å². The Morgan fingerprint density at radius 3 is 2.60 bits per heavy atom. The Bertz CT molecular complexity index is 908. The van der Waals surface area contributed by atoms with Crippen molar-refractivity contribution < 1.29 is 17.6 Å². The number of carbonyl (C=O) groups is 1. The number of hydrogen-bond donors (Lipinski definition) is 2. The van der Waals surface area contributed by atoms with E-state index in [2.05, 4.69) is 10.0 Å². The first-order chi connectivity index (χ1) is 11.9. The number of aryl methyl sites for hydroxylation is 1. The Morgan fingerprint density at radius 1 is 1.20 bits per heavy atom. The summed E-state index contributed by atoms with van der Waals surface area (Å²) in [5.41, 5.74) is 0.745. The van der Waals surface area contributed by atoms with Crippen molar-refractivity contribution >= 4 is 21.6 Å². The number of amides is 1. The number of sulfonamides is 1. The van der Waals surface area contributed by atoms with Crippen LogP contribution in [0.25, 0.3) is 0 Å². The minimum Gasteiger partial charge on any atom is -0.352 e. The molecule has 1 amide bonds. The van der Waals surface area contributed by atoms with Crippen molar-refractivity contribution in [1.29, 1.82) is 0 Å². The van der Waals surface area contributed by atoms with Crippen molar-refractivity contribution in [3.05, 3.63) is 59.4 Å². The minimum atomic E-state index is -3.93. The van der Waals surface area contributed by atoms with Gasteiger partial charge in [-0.1, -0.05) is 12.1 Å². The summed E-state index contributed by atoms with van der Waals surface area (Å²) in [7, 11) is -3.93. The number of benzene rings is 2. The van der Waals surface area contributed by atoms with Gasteiger partial charge in [0.15, 0.2) is 0 Å². The molecular weight excluding hydrogens is 343 g/mol. The topological polar surface area (TPSA) is 75.3 Å². The summed E-state index contributed by atoms with van der Waals surface area (Å²) < 4.78 is 40.9. The fraction of sp³-hybridized carbons (Fsp3) is 0.278. The first kappa shape index (κ1) is 17.4. The largest absolute Gasteiger partial charge is 0.352 e. The lowest BCUT2D eigenvalue weighted by Crippen LogP contribution is -2.27. The van der Waals surface area contributed by atoms with Crippen molar-refractivity contribution in [1.82, 2.24) is 5.32 Å². The van der Waals surface area contributed by atoms with Gasteiger partial charge in [-0.05, 0) is 61.6 Å². The van der Waals surface area contributed by atoms with Crippen molar-refractivity contribution in [2.75, 3.05) is 11.3 Å². The average Bonchev–Trinajstić information content (AvgIpc) is 3.36. The Hall–Kier alpha value is -2.41. The molecule has 1 aliphatic rings. The summed E-state index contributed by atoms with van der Waals surface area (Å²) in [4.78, 5) is 12.3. The fourth-order valence-electron chi connectivity index (χ4n) is 2.54. The van der Waals surface area contributed by atoms with E-state index >= 15 is 0 Å². The van der Waals surface area contributed by atoms with Gasteiger partial charge in [0.05, 0.1) is 16.1 Å². The van der Waals surface area contributed by atoms with Crippen LogP contribution in [0.15, 0.2) is 47.4 Å². The molecule has 0 aliphatic heterocycles. The molecule has 0 aromatic heterocycles. The van der Waals surface area contributed by atoms with Crippen LogP contribution in [0.1, 0.15) is 28.8 Å². The van der Waals surface area contributed by atoms with Crippen LogP contribution in [-0.4, -0.2) is 20.9 Å². The van der Waals surface area contributed by atoms with E-state index in [-0.39, 0.29) is 22.1 Å². The standard InChI is InChI=1S/C18H19FN2O3S/c1-12-10-14(19)8-9-17(12)25(23,24)21-16-5-3-2-4-15(16)18(22)20-11-13-6-7-13/h2-5,8-10,13,21H,6-7,11H2,1H3,(H,20,22). The first-order valence-corrected chi connectivity index (χ1v) is 9.51. The zero-order valence-electron chi connectivity index (χ0n) is 13.8. The van der Waals surface area contributed by atoms with Crippen molar-refractivity contribution in [3.63, 3.8) is 0 Å². The van der Waals surface area contributed by atoms with Crippen LogP contribution in [0.5, 0.6) is 0 Å². The molecule has 1 saturated carbocycles. The third-order valence-electron chi connectivity index (χ3n) is 4.09. The second kappa shape index (κ2) is 6.84. The molecule has 0 spiro atoms. The third-order valence-corrected chi connectivity index (χ3v) is 5.62. The fourth-order valence-corrected chi connectivity index (χ4v) is 3.85. The maximum atomic E-state index is 13.2. The maximum absolute atomic E-state index is 13.2. The first-order valence-electron chi connectivity index (χ1n) is 8.03. The molecule has 5 nitrogen and oxygen atoms in total. The molecular formula is C18H19FN2O3S. The predicted octanol–water partition coefficient (Wildman–Crippen LogP) is 3.07. The summed E-state index contributed by atoms with van der Waals surface area (Å²) in [5, 5.41) is 2.82. The summed E-state index contributed by atoms with van der Waals surface area (Å²) in [6.45, 7) is 2.11. The van der Waals surface area contributed by atoms with Crippen LogP contribution >= 0.6 is 0 Å². The summed E-state index contributed by atoms with van der Waals surface area (Å²) in [5.74, 6) is -0.299. The molecule has 1 fully saturated rings. The molecule has 7 heteroatoms. The number of halogens is 1. The molecule has 132 valence electrons. The molecule has 0 bridgehead atoms. The van der Waals surface area contributed by atoms with E-state index in [1.807, 2.05) is 0 Å². The highest BCUT2D eigenvalue weighted by Crippen LogP contribution is 2.28. The van der Waals surface area contributed by atoms with Gasteiger partial charge in [-0.25, -0.2) is 12.8 Å². The normalized spacial score (nSPS) is 14.2. The molecule has 25 heavy (non-hydrogen) atoms. The van der Waals surface area contributed by atoms with Gasteiger partial charge in [0.2, 0.25) is 0 Å². The van der Waals surface area contributed by atoms with E-state index in [1.165, 1.54) is 19.1 Å². The van der Waals surface area contributed by atoms with Gasteiger partial charge in [-0.15, -0.1) is 0 Å². The van der Waals surface area contributed by atoms with Crippen LogP contribution in [0.4, 0.5) is 10.1 Å². The Balaban J connectivity index is 1.85. The van der Waals surface area contributed by atoms with E-state index in [0.717, 1.165) is 25.0 Å². The van der Waals surface area contributed by atoms with Gasteiger partial charge in [0, 0.05) is 6.54 Å². The van der Waals surface area contributed by atoms with E-state index in [9.17, 15) is 17.6 Å². The molecule has 0 heterocycles. The van der Waals surface area contributed by atoms with Crippen LogP contribution in [0, 0.1) is 18.7 Å². The Kier molecular flexibility index (Phi) is 4.76. The average molecular weight is 362 g/mol. The lowest BCUT2D eigenvalue weighted by Gasteiger charge is -2.14. The monoisotopic (exact) mass is 362 g/mol. The van der Waals surface area contributed by atoms with Crippen LogP contribution in [0.2, 0.25) is 0 Å². The summed E-state index contributed by atoms with van der Waals surface area (Å²) in [6, 6.07) is 9.88. The van der Waals surface area contributed by atoms with Crippen molar-refractivity contribution in [2.24, 2.45) is 5.92 Å². The van der Waals surface area contributed by atoms with E-state index in [4.69, 9.17) is 0 Å². The quantitative estimate of drug-likeness (QED) is 0.829. The predicted molar refractivity (Wildman–Crippen MR) is 93.4 cm³/mol. The second-order valence-electron chi connectivity index (χ2n) is 6.21. The minimum absolute atomic E-state index is 0.0258. The molecule has 0 radical (unpaired) electrons. The zero-order valence-corrected chi connectivity index (χ0v) is 14.6. The third kappa shape index (κ3) is 4.17. The highest BCUT2D eigenvalue weighted by molar-refractivity contribution is 7.92. The molecule has 0 saturated heterocycles. The second-order valence-corrected chi connectivity index (χ2v) is 7.87. The number of para-hydroxylation sites is 1. The summed E-state index contributed by atoms with van der Waals surface area (Å²) >= 11 is 0. The van der Waals surface area contributed by atoms with Crippen LogP contribution < -0.4 is 10.0 Å². The highest BCUT2D eigenvalue weighted by atomic mass is 32.2. The molecule has 0 unspecified atom stereocenters. The highest BCUT2D eigenvalue weighted by Gasteiger charge is 2.24. The van der Waals surface area contributed by atoms with Gasteiger partial charge in [-0.2, -0.15) is 0 Å². The summed E-state index contributed by atoms with van der Waals surface area (Å²) in [6.07, 6.45) is 2.22. The number of hydrogen-bond acceptors (Lipinski definition) is 3. The van der Waals surface area contributed by atoms with E-state index < -0.39 is 15.8 Å². The Morgan fingerprint density at radius 2 is 1.92 bits per heavy atom. The molecule has 2 aromatic carbocycles. The number of anilines is 1. The van der Waals surface area contributed by atoms with Crippen LogP contribution in [-0.2, 0) is 10.0 Å². The van der Waals surface area contributed by atoms with Crippen LogP contribution in [0.3, 0.4) is 0 Å². The lowest BCUT2D eigenvalue weighted by molar-refractivity contribution is 0.0952. The molecule has 2 aromatic rings. The van der Waals surface area contributed by atoms with Gasteiger partial charge < -0.3 is 5.32 Å². The van der Waals surface area contributed by atoms with E-state index in [1.54, 1.807) is 18.2 Å². The van der Waals surface area contributed by atoms with Gasteiger partial charge in [-0.3, -0.25) is 9.52 Å². The molecule has 2 N–H and O–H groups in total. The van der Waals surface area contributed by atoms with E-state index in [0.29, 0.717) is 18.0 Å². The SMILES string of the molecule is Cc1cc(F)ccc1S(=O)(=O)Nc1ccccc1C(=O)NCC1CC1. The maximum Gasteiger partial charge on any atom is 0.262 e. The molecule has 3 rings (SSSR count).